The second-order valence-corrected chi connectivity index (χ2v) is 5.21. The molecule has 2 aromatic rings. The van der Waals surface area contributed by atoms with Crippen LogP contribution in [0.4, 0.5) is 8.78 Å². The van der Waals surface area contributed by atoms with Crippen molar-refractivity contribution < 1.29 is 18.7 Å². The number of hydrogen-bond donors (Lipinski definition) is 1. The molecule has 1 N–H and O–H groups in total. The number of carboxylic acid groups (broad SMARTS) is 1. The van der Waals surface area contributed by atoms with E-state index in [0.717, 1.165) is 30.2 Å². The Kier molecular flexibility index (Phi) is 2.19. The van der Waals surface area contributed by atoms with E-state index < -0.39 is 17.6 Å². The Bertz CT molecular complexity index is 629. The second-order valence-electron chi connectivity index (χ2n) is 4.19. The summed E-state index contributed by atoms with van der Waals surface area (Å²) in [7, 11) is 0. The van der Waals surface area contributed by atoms with E-state index in [2.05, 4.69) is 0 Å². The molecule has 1 aromatic heterocycles. The first kappa shape index (κ1) is 10.7. The summed E-state index contributed by atoms with van der Waals surface area (Å²) in [5, 5.41) is 9.52. The lowest BCUT2D eigenvalue weighted by molar-refractivity contribution is 0.0701. The second kappa shape index (κ2) is 3.50. The Morgan fingerprint density at radius 2 is 2.06 bits per heavy atom. The van der Waals surface area contributed by atoms with E-state index in [0.29, 0.717) is 10.9 Å². The Hall–Kier alpha value is -1.49. The molecule has 1 aromatic carbocycles. The number of carboxylic acids is 1. The van der Waals surface area contributed by atoms with Crippen molar-refractivity contribution in [1.29, 1.82) is 0 Å². The van der Waals surface area contributed by atoms with Gasteiger partial charge in [0.25, 0.3) is 0 Å². The summed E-state index contributed by atoms with van der Waals surface area (Å²) in [4.78, 5) is 11.3. The van der Waals surface area contributed by atoms with Gasteiger partial charge in [-0.05, 0) is 30.4 Å². The van der Waals surface area contributed by atoms with Crippen molar-refractivity contribution in [2.24, 2.45) is 0 Å². The molecule has 0 aliphatic heterocycles. The van der Waals surface area contributed by atoms with Crippen LogP contribution >= 0.6 is 11.3 Å². The first-order valence-electron chi connectivity index (χ1n) is 5.22. The van der Waals surface area contributed by atoms with Gasteiger partial charge >= 0.3 is 5.97 Å². The summed E-state index contributed by atoms with van der Waals surface area (Å²) in [6.45, 7) is 0. The molecular weight excluding hydrogens is 246 g/mol. The average molecular weight is 254 g/mol. The number of carbonyl (C=O) groups is 1. The van der Waals surface area contributed by atoms with E-state index in [9.17, 15) is 13.6 Å². The van der Waals surface area contributed by atoms with E-state index in [1.54, 1.807) is 0 Å². The summed E-state index contributed by atoms with van der Waals surface area (Å²) in [5.74, 6) is -2.25. The molecule has 1 saturated carbocycles. The molecule has 1 aliphatic carbocycles. The minimum atomic E-state index is -1.06. The van der Waals surface area contributed by atoms with Gasteiger partial charge in [-0.25, -0.2) is 13.6 Å². The molecule has 2 nitrogen and oxygen atoms in total. The van der Waals surface area contributed by atoms with Gasteiger partial charge in [0, 0.05) is 11.5 Å². The molecule has 0 amide bonds. The predicted octanol–water partition coefficient (Wildman–Crippen LogP) is 3.76. The van der Waals surface area contributed by atoms with Crippen LogP contribution in [0.5, 0.6) is 0 Å². The van der Waals surface area contributed by atoms with Crippen LogP contribution in [-0.4, -0.2) is 11.1 Å². The van der Waals surface area contributed by atoms with Gasteiger partial charge in [0.05, 0.1) is 4.70 Å². The number of rotatable bonds is 2. The van der Waals surface area contributed by atoms with Gasteiger partial charge in [0.2, 0.25) is 0 Å². The van der Waals surface area contributed by atoms with E-state index in [-0.39, 0.29) is 15.5 Å². The largest absolute Gasteiger partial charge is 0.477 e. The van der Waals surface area contributed by atoms with Gasteiger partial charge in [-0.1, -0.05) is 0 Å². The van der Waals surface area contributed by atoms with Gasteiger partial charge < -0.3 is 5.11 Å². The molecule has 0 atom stereocenters. The number of hydrogen-bond acceptors (Lipinski definition) is 2. The van der Waals surface area contributed by atoms with Crippen molar-refractivity contribution in [3.8, 4) is 0 Å². The molecule has 3 rings (SSSR count). The van der Waals surface area contributed by atoms with Crippen LogP contribution in [0.15, 0.2) is 12.1 Å². The SMILES string of the molecule is O=C(O)c1sc2c(F)cc(F)cc2c1C1CC1. The monoisotopic (exact) mass is 254 g/mol. The Labute approximate surface area is 99.5 Å². The van der Waals surface area contributed by atoms with E-state index >= 15 is 0 Å². The zero-order valence-electron chi connectivity index (χ0n) is 8.67. The molecule has 0 bridgehead atoms. The first-order chi connectivity index (χ1) is 8.08. The summed E-state index contributed by atoms with van der Waals surface area (Å²) in [6, 6.07) is 2.02. The summed E-state index contributed by atoms with van der Waals surface area (Å²) >= 11 is 0.894. The number of benzene rings is 1. The molecule has 0 saturated heterocycles. The van der Waals surface area contributed by atoms with Crippen LogP contribution in [0.3, 0.4) is 0 Å². The lowest BCUT2D eigenvalue weighted by Crippen LogP contribution is -1.96. The fourth-order valence-electron chi connectivity index (χ4n) is 2.08. The molecule has 1 aliphatic rings. The maximum Gasteiger partial charge on any atom is 0.346 e. The highest BCUT2D eigenvalue weighted by molar-refractivity contribution is 7.21. The number of aromatic carboxylic acids is 1. The standard InChI is InChI=1S/C12H8F2O2S/c13-6-3-7-9(5-1-2-5)11(12(15)16)17-10(7)8(14)4-6/h3-5H,1-2H2,(H,15,16). The van der Waals surface area contributed by atoms with Gasteiger partial charge in [-0.2, -0.15) is 0 Å². The lowest BCUT2D eigenvalue weighted by atomic mass is 10.1. The van der Waals surface area contributed by atoms with Gasteiger partial charge in [-0.15, -0.1) is 11.3 Å². The highest BCUT2D eigenvalue weighted by Crippen LogP contribution is 2.48. The molecule has 88 valence electrons. The molecule has 5 heteroatoms. The topological polar surface area (TPSA) is 37.3 Å². The number of halogens is 2. The molecule has 0 spiro atoms. The zero-order valence-corrected chi connectivity index (χ0v) is 9.48. The van der Waals surface area contributed by atoms with E-state index in [4.69, 9.17) is 5.11 Å². The van der Waals surface area contributed by atoms with Crippen LogP contribution in [0.1, 0.15) is 34.0 Å². The smallest absolute Gasteiger partial charge is 0.346 e. The third-order valence-electron chi connectivity index (χ3n) is 2.93. The Balaban J connectivity index is 2.38. The third kappa shape index (κ3) is 1.61. The molecule has 17 heavy (non-hydrogen) atoms. The van der Waals surface area contributed by atoms with E-state index in [1.165, 1.54) is 6.07 Å². The average Bonchev–Trinajstić information content (AvgIpc) is 2.99. The minimum absolute atomic E-state index is 0.145. The summed E-state index contributed by atoms with van der Waals surface area (Å²) < 4.78 is 27.0. The Morgan fingerprint density at radius 3 is 2.65 bits per heavy atom. The summed E-state index contributed by atoms with van der Waals surface area (Å²) in [5.41, 5.74) is 0.607. The Morgan fingerprint density at radius 1 is 1.35 bits per heavy atom. The maximum atomic E-state index is 13.6. The maximum absolute atomic E-state index is 13.6. The number of fused-ring (bicyclic) bond motifs is 1. The van der Waals surface area contributed by atoms with Crippen LogP contribution in [0.25, 0.3) is 10.1 Å². The van der Waals surface area contributed by atoms with Crippen LogP contribution in [0.2, 0.25) is 0 Å². The predicted molar refractivity (Wildman–Crippen MR) is 60.7 cm³/mol. The lowest BCUT2D eigenvalue weighted by Gasteiger charge is -1.98. The minimum Gasteiger partial charge on any atom is -0.477 e. The van der Waals surface area contributed by atoms with Crippen LogP contribution in [-0.2, 0) is 0 Å². The van der Waals surface area contributed by atoms with Gasteiger partial charge in [0.1, 0.15) is 16.5 Å². The van der Waals surface area contributed by atoms with Gasteiger partial charge in [-0.3, -0.25) is 0 Å². The normalized spacial score (nSPS) is 15.4. The van der Waals surface area contributed by atoms with Crippen LogP contribution < -0.4 is 0 Å². The van der Waals surface area contributed by atoms with Crippen LogP contribution in [0, 0.1) is 11.6 Å². The molecule has 0 unspecified atom stereocenters. The molecule has 0 radical (unpaired) electrons. The fourth-order valence-corrected chi connectivity index (χ4v) is 3.19. The zero-order chi connectivity index (χ0) is 12.2. The van der Waals surface area contributed by atoms with Crippen molar-refractivity contribution in [2.45, 2.75) is 18.8 Å². The quantitative estimate of drug-likeness (QED) is 0.886. The van der Waals surface area contributed by atoms with Crippen molar-refractivity contribution >= 4 is 27.4 Å². The van der Waals surface area contributed by atoms with Gasteiger partial charge in [0.15, 0.2) is 0 Å². The van der Waals surface area contributed by atoms with Crippen molar-refractivity contribution in [3.05, 3.63) is 34.2 Å². The molecule has 1 fully saturated rings. The summed E-state index contributed by atoms with van der Waals surface area (Å²) in [6.07, 6.45) is 1.79. The van der Waals surface area contributed by atoms with E-state index in [1.807, 2.05) is 0 Å². The van der Waals surface area contributed by atoms with Crippen molar-refractivity contribution in [1.82, 2.24) is 0 Å². The van der Waals surface area contributed by atoms with Crippen molar-refractivity contribution in [2.75, 3.05) is 0 Å². The van der Waals surface area contributed by atoms with Crippen molar-refractivity contribution in [3.63, 3.8) is 0 Å². The third-order valence-corrected chi connectivity index (χ3v) is 4.14. The highest BCUT2D eigenvalue weighted by Gasteiger charge is 2.32. The number of thiophene rings is 1. The first-order valence-corrected chi connectivity index (χ1v) is 6.04. The highest BCUT2D eigenvalue weighted by atomic mass is 32.1. The molecular formula is C12H8F2O2S. The fraction of sp³-hybridized carbons (Fsp3) is 0.250. The molecule has 1 heterocycles.